The lowest BCUT2D eigenvalue weighted by Crippen LogP contribution is -2.50. The van der Waals surface area contributed by atoms with E-state index >= 15 is 0 Å². The maximum atomic E-state index is 9.51. The van der Waals surface area contributed by atoms with E-state index in [4.69, 9.17) is 0 Å². The van der Waals surface area contributed by atoms with Crippen LogP contribution in [0.15, 0.2) is 0 Å². The summed E-state index contributed by atoms with van der Waals surface area (Å²) in [5.41, 5.74) is 0.703. The fourth-order valence-corrected chi connectivity index (χ4v) is 2.91. The zero-order valence-electron chi connectivity index (χ0n) is 8.84. The summed E-state index contributed by atoms with van der Waals surface area (Å²) >= 11 is 0. The Hall–Kier alpha value is -0.0800. The molecule has 1 aliphatic heterocycles. The van der Waals surface area contributed by atoms with Crippen LogP contribution in [0.5, 0.6) is 0 Å². The first-order valence-corrected chi connectivity index (χ1v) is 5.49. The molecule has 1 saturated carbocycles. The van der Waals surface area contributed by atoms with Crippen molar-refractivity contribution in [2.24, 2.45) is 10.8 Å². The predicted octanol–water partition coefficient (Wildman–Crippen LogP) is 1.49. The third kappa shape index (κ3) is 1.31. The number of hydrogen-bond donors (Lipinski definition) is 1. The molecule has 2 fully saturated rings. The van der Waals surface area contributed by atoms with Crippen LogP contribution in [0.25, 0.3) is 0 Å². The van der Waals surface area contributed by atoms with Gasteiger partial charge in [-0.25, -0.2) is 0 Å². The van der Waals surface area contributed by atoms with Crippen molar-refractivity contribution in [1.82, 2.24) is 4.90 Å². The molecule has 0 amide bonds. The Balaban J connectivity index is 2.10. The van der Waals surface area contributed by atoms with Gasteiger partial charge in [-0.15, -0.1) is 0 Å². The van der Waals surface area contributed by atoms with Crippen LogP contribution in [0.3, 0.4) is 0 Å². The first-order valence-electron chi connectivity index (χ1n) is 5.49. The highest BCUT2D eigenvalue weighted by Gasteiger charge is 2.58. The highest BCUT2D eigenvalue weighted by molar-refractivity contribution is 5.08. The summed E-state index contributed by atoms with van der Waals surface area (Å²) in [5, 5.41) is 9.51. The Bertz CT molecular complexity index is 200. The second kappa shape index (κ2) is 2.96. The zero-order chi connectivity index (χ0) is 9.53. The smallest absolute Gasteiger partial charge is 0.0502 e. The standard InChI is InChI=1S/C11H21NO/c1-3-12-7-6-11(4-5-11)10(2,8-12)9-13/h13H,3-9H2,1-2H3/t10-/m0/s1. The molecule has 1 atom stereocenters. The van der Waals surface area contributed by atoms with Gasteiger partial charge in [-0.1, -0.05) is 13.8 Å². The number of nitrogens with zero attached hydrogens (tertiary/aromatic N) is 1. The second-order valence-corrected chi connectivity index (χ2v) is 5.12. The number of aliphatic hydroxyl groups excluding tert-OH is 1. The highest BCUT2D eigenvalue weighted by atomic mass is 16.3. The molecule has 13 heavy (non-hydrogen) atoms. The van der Waals surface area contributed by atoms with Crippen LogP contribution in [0.4, 0.5) is 0 Å². The lowest BCUT2D eigenvalue weighted by atomic mass is 9.70. The number of rotatable bonds is 2. The van der Waals surface area contributed by atoms with Crippen LogP contribution in [-0.4, -0.2) is 36.2 Å². The fourth-order valence-electron chi connectivity index (χ4n) is 2.91. The van der Waals surface area contributed by atoms with Crippen molar-refractivity contribution < 1.29 is 5.11 Å². The minimum atomic E-state index is 0.182. The molecule has 1 N–H and O–H groups in total. The first kappa shape index (κ1) is 9.47. The minimum absolute atomic E-state index is 0.182. The Labute approximate surface area is 80.9 Å². The Morgan fingerprint density at radius 3 is 2.46 bits per heavy atom. The molecule has 2 nitrogen and oxygen atoms in total. The van der Waals surface area contributed by atoms with Gasteiger partial charge in [0.2, 0.25) is 0 Å². The quantitative estimate of drug-likeness (QED) is 0.701. The molecule has 2 aliphatic rings. The maximum absolute atomic E-state index is 9.51. The van der Waals surface area contributed by atoms with E-state index in [1.54, 1.807) is 0 Å². The molecule has 0 radical (unpaired) electrons. The molecule has 0 aromatic heterocycles. The SMILES string of the molecule is CCN1CCC2(CC2)[C@](C)(CO)C1. The van der Waals surface area contributed by atoms with Crippen LogP contribution < -0.4 is 0 Å². The van der Waals surface area contributed by atoms with E-state index in [2.05, 4.69) is 18.7 Å². The molecule has 76 valence electrons. The minimum Gasteiger partial charge on any atom is -0.396 e. The summed E-state index contributed by atoms with van der Waals surface area (Å²) < 4.78 is 0. The van der Waals surface area contributed by atoms with E-state index < -0.39 is 0 Å². The molecule has 0 aromatic rings. The van der Waals surface area contributed by atoms with Crippen molar-refractivity contribution >= 4 is 0 Å². The van der Waals surface area contributed by atoms with E-state index in [-0.39, 0.29) is 5.41 Å². The summed E-state index contributed by atoms with van der Waals surface area (Å²) in [5.74, 6) is 0. The van der Waals surface area contributed by atoms with Gasteiger partial charge >= 0.3 is 0 Å². The van der Waals surface area contributed by atoms with Gasteiger partial charge in [-0.3, -0.25) is 0 Å². The molecule has 1 saturated heterocycles. The van der Waals surface area contributed by atoms with Crippen molar-refractivity contribution in [2.45, 2.75) is 33.1 Å². The third-order valence-corrected chi connectivity index (χ3v) is 4.41. The number of aliphatic hydroxyl groups is 1. The van der Waals surface area contributed by atoms with Crippen molar-refractivity contribution in [3.63, 3.8) is 0 Å². The van der Waals surface area contributed by atoms with Gasteiger partial charge in [0.1, 0.15) is 0 Å². The van der Waals surface area contributed by atoms with Crippen molar-refractivity contribution in [2.75, 3.05) is 26.2 Å². The fraction of sp³-hybridized carbons (Fsp3) is 1.00. The largest absolute Gasteiger partial charge is 0.396 e. The third-order valence-electron chi connectivity index (χ3n) is 4.41. The average Bonchev–Trinajstić information content (AvgIpc) is 2.92. The molecule has 1 spiro atoms. The second-order valence-electron chi connectivity index (χ2n) is 5.12. The number of likely N-dealkylation sites (tertiary alicyclic amines) is 1. The monoisotopic (exact) mass is 183 g/mol. The van der Waals surface area contributed by atoms with Crippen LogP contribution >= 0.6 is 0 Å². The van der Waals surface area contributed by atoms with Gasteiger partial charge in [0.25, 0.3) is 0 Å². The lowest BCUT2D eigenvalue weighted by Gasteiger charge is -2.46. The summed E-state index contributed by atoms with van der Waals surface area (Å²) in [4.78, 5) is 2.47. The van der Waals surface area contributed by atoms with Gasteiger partial charge in [0.05, 0.1) is 6.61 Å². The van der Waals surface area contributed by atoms with Gasteiger partial charge in [0.15, 0.2) is 0 Å². The molecular formula is C11H21NO. The lowest BCUT2D eigenvalue weighted by molar-refractivity contribution is -0.0175. The van der Waals surface area contributed by atoms with Crippen molar-refractivity contribution in [3.8, 4) is 0 Å². The Morgan fingerprint density at radius 2 is 2.00 bits per heavy atom. The summed E-state index contributed by atoms with van der Waals surface area (Å²) in [6.07, 6.45) is 4.00. The van der Waals surface area contributed by atoms with E-state index in [0.29, 0.717) is 12.0 Å². The first-order chi connectivity index (χ1) is 6.16. The van der Waals surface area contributed by atoms with E-state index in [0.717, 1.165) is 13.1 Å². The average molecular weight is 183 g/mol. The molecule has 1 heterocycles. The number of hydrogen-bond acceptors (Lipinski definition) is 2. The van der Waals surface area contributed by atoms with Crippen molar-refractivity contribution in [1.29, 1.82) is 0 Å². The summed E-state index contributed by atoms with van der Waals surface area (Å²) in [7, 11) is 0. The van der Waals surface area contributed by atoms with Crippen LogP contribution in [0.1, 0.15) is 33.1 Å². The molecule has 0 aromatic carbocycles. The molecule has 0 unspecified atom stereocenters. The van der Waals surface area contributed by atoms with Crippen LogP contribution in [0, 0.1) is 10.8 Å². The molecule has 2 heteroatoms. The van der Waals surface area contributed by atoms with Crippen LogP contribution in [0.2, 0.25) is 0 Å². The summed E-state index contributed by atoms with van der Waals surface area (Å²) in [6.45, 7) is 8.31. The van der Waals surface area contributed by atoms with E-state index in [9.17, 15) is 5.11 Å². The number of piperidine rings is 1. The van der Waals surface area contributed by atoms with Crippen LogP contribution in [-0.2, 0) is 0 Å². The van der Waals surface area contributed by atoms with Gasteiger partial charge in [-0.05, 0) is 37.8 Å². The maximum Gasteiger partial charge on any atom is 0.0502 e. The van der Waals surface area contributed by atoms with E-state index in [1.807, 2.05) is 0 Å². The van der Waals surface area contributed by atoms with Gasteiger partial charge < -0.3 is 10.0 Å². The Morgan fingerprint density at radius 1 is 1.31 bits per heavy atom. The Kier molecular flexibility index (Phi) is 2.16. The molecular weight excluding hydrogens is 162 g/mol. The van der Waals surface area contributed by atoms with Crippen molar-refractivity contribution in [3.05, 3.63) is 0 Å². The molecule has 1 aliphatic carbocycles. The molecule has 0 bridgehead atoms. The van der Waals surface area contributed by atoms with E-state index in [1.165, 1.54) is 25.8 Å². The normalized spacial score (nSPS) is 38.1. The highest BCUT2D eigenvalue weighted by Crippen LogP contribution is 2.62. The summed E-state index contributed by atoms with van der Waals surface area (Å²) in [6, 6.07) is 0. The topological polar surface area (TPSA) is 23.5 Å². The predicted molar refractivity (Wildman–Crippen MR) is 53.6 cm³/mol. The van der Waals surface area contributed by atoms with Gasteiger partial charge in [-0.2, -0.15) is 0 Å². The zero-order valence-corrected chi connectivity index (χ0v) is 8.84. The van der Waals surface area contributed by atoms with Gasteiger partial charge in [0, 0.05) is 12.0 Å². The molecule has 2 rings (SSSR count).